The highest BCUT2D eigenvalue weighted by Crippen LogP contribution is 2.31. The minimum absolute atomic E-state index is 0.162. The summed E-state index contributed by atoms with van der Waals surface area (Å²) in [6, 6.07) is -0.162. The van der Waals surface area contributed by atoms with Gasteiger partial charge in [-0.25, -0.2) is 0 Å². The van der Waals surface area contributed by atoms with E-state index >= 15 is 0 Å². The molecule has 0 amide bonds. The van der Waals surface area contributed by atoms with E-state index in [4.69, 9.17) is 0 Å². The van der Waals surface area contributed by atoms with Crippen LogP contribution >= 0.6 is 0 Å². The highest BCUT2D eigenvalue weighted by molar-refractivity contribution is 4.90. The molecule has 0 aromatic rings. The molecule has 2 unspecified atom stereocenters. The molecule has 0 aromatic carbocycles. The van der Waals surface area contributed by atoms with Gasteiger partial charge in [0.2, 0.25) is 0 Å². The largest absolute Gasteiger partial charge is 0.144 e. The zero-order chi connectivity index (χ0) is 7.14. The normalized spacial score (nSPS) is 42.6. The van der Waals surface area contributed by atoms with E-state index in [-0.39, 0.29) is 18.5 Å². The summed E-state index contributed by atoms with van der Waals surface area (Å²) in [5, 5.41) is 1.48. The summed E-state index contributed by atoms with van der Waals surface area (Å²) in [7, 11) is 0. The van der Waals surface area contributed by atoms with Crippen molar-refractivity contribution >= 4 is 0 Å². The Balaban J connectivity index is 2.05. The van der Waals surface area contributed by atoms with Gasteiger partial charge in [0.1, 0.15) is 0 Å². The molecule has 0 aromatic heterocycles. The molecule has 2 aliphatic heterocycles. The summed E-state index contributed by atoms with van der Waals surface area (Å²) >= 11 is 0. The van der Waals surface area contributed by atoms with Crippen molar-refractivity contribution in [1.82, 2.24) is 10.2 Å². The lowest BCUT2D eigenvalue weighted by atomic mass is 10.1. The lowest BCUT2D eigenvalue weighted by Gasteiger charge is -2.11. The molecule has 0 N–H and O–H groups in total. The number of halogens is 2. The molecule has 0 radical (unpaired) electrons. The van der Waals surface area contributed by atoms with Gasteiger partial charge in [-0.3, -0.25) is 0 Å². The zero-order valence-corrected chi connectivity index (χ0v) is 5.63. The van der Waals surface area contributed by atoms with Crippen LogP contribution in [0.4, 0.5) is 8.96 Å². The molecule has 2 atom stereocenters. The van der Waals surface area contributed by atoms with E-state index in [9.17, 15) is 8.96 Å². The van der Waals surface area contributed by atoms with Crippen molar-refractivity contribution in [2.75, 3.05) is 19.6 Å². The highest BCUT2D eigenvalue weighted by atomic mass is 19.2. The second kappa shape index (κ2) is 2.13. The van der Waals surface area contributed by atoms with Gasteiger partial charge in [-0.2, -0.15) is 0 Å². The molecular formula is C6H10F2N2. The van der Waals surface area contributed by atoms with E-state index in [2.05, 4.69) is 0 Å². The smallest absolute Gasteiger partial charge is 0.0597 e. The van der Waals surface area contributed by atoms with E-state index in [0.29, 0.717) is 18.2 Å². The van der Waals surface area contributed by atoms with E-state index in [1.54, 1.807) is 0 Å². The van der Waals surface area contributed by atoms with Crippen molar-refractivity contribution in [2.24, 2.45) is 5.92 Å². The quantitative estimate of drug-likeness (QED) is 0.468. The molecule has 2 heterocycles. The third-order valence-corrected chi connectivity index (χ3v) is 2.44. The van der Waals surface area contributed by atoms with Crippen molar-refractivity contribution in [3.05, 3.63) is 0 Å². The fraction of sp³-hybridized carbons (Fsp3) is 1.00. The van der Waals surface area contributed by atoms with Crippen LogP contribution < -0.4 is 0 Å². The van der Waals surface area contributed by atoms with Gasteiger partial charge in [0, 0.05) is 19.6 Å². The number of rotatable bonds is 0. The predicted molar refractivity (Wildman–Crippen MR) is 32.4 cm³/mol. The molecular weight excluding hydrogens is 138 g/mol. The molecule has 0 saturated carbocycles. The van der Waals surface area contributed by atoms with Gasteiger partial charge in [0.05, 0.1) is 6.04 Å². The van der Waals surface area contributed by atoms with Gasteiger partial charge in [0.15, 0.2) is 0 Å². The Morgan fingerprint density at radius 3 is 2.70 bits per heavy atom. The minimum atomic E-state index is -0.162. The summed E-state index contributed by atoms with van der Waals surface area (Å²) in [6.07, 6.45) is 0.807. The molecule has 4 heteroatoms. The Morgan fingerprint density at radius 1 is 1.20 bits per heavy atom. The molecule has 0 bridgehead atoms. The van der Waals surface area contributed by atoms with Gasteiger partial charge in [-0.05, 0) is 12.3 Å². The van der Waals surface area contributed by atoms with Crippen LogP contribution in [-0.4, -0.2) is 35.9 Å². The van der Waals surface area contributed by atoms with Crippen LogP contribution in [0, 0.1) is 5.92 Å². The Labute approximate surface area is 58.3 Å². The predicted octanol–water partition coefficient (Wildman–Crippen LogP) is 0.762. The van der Waals surface area contributed by atoms with E-state index < -0.39 is 0 Å². The molecule has 0 spiro atoms. The van der Waals surface area contributed by atoms with Crippen molar-refractivity contribution in [2.45, 2.75) is 12.5 Å². The van der Waals surface area contributed by atoms with Gasteiger partial charge >= 0.3 is 0 Å². The van der Waals surface area contributed by atoms with Gasteiger partial charge in [0.25, 0.3) is 0 Å². The maximum absolute atomic E-state index is 12.7. The summed E-state index contributed by atoms with van der Waals surface area (Å²) in [5.74, 6) is 0.231. The molecule has 2 aliphatic rings. The van der Waals surface area contributed by atoms with Crippen LogP contribution in [-0.2, 0) is 0 Å². The molecule has 2 rings (SSSR count). The van der Waals surface area contributed by atoms with E-state index in [1.807, 2.05) is 0 Å². The summed E-state index contributed by atoms with van der Waals surface area (Å²) in [5.41, 5.74) is 0. The third kappa shape index (κ3) is 0.828. The maximum atomic E-state index is 12.7. The van der Waals surface area contributed by atoms with Crippen molar-refractivity contribution < 1.29 is 8.96 Å². The topological polar surface area (TPSA) is 6.48 Å². The first-order valence-corrected chi connectivity index (χ1v) is 3.60. The van der Waals surface area contributed by atoms with Crippen LogP contribution in [0.1, 0.15) is 6.42 Å². The van der Waals surface area contributed by atoms with Gasteiger partial charge < -0.3 is 0 Å². The fourth-order valence-electron chi connectivity index (χ4n) is 1.86. The first-order chi connectivity index (χ1) is 4.77. The molecule has 10 heavy (non-hydrogen) atoms. The monoisotopic (exact) mass is 148 g/mol. The first-order valence-electron chi connectivity index (χ1n) is 3.60. The Morgan fingerprint density at radius 2 is 2.00 bits per heavy atom. The molecule has 2 fully saturated rings. The zero-order valence-electron chi connectivity index (χ0n) is 5.63. The van der Waals surface area contributed by atoms with Crippen molar-refractivity contribution in [3.63, 3.8) is 0 Å². The SMILES string of the molecule is FN1CC2CCN(F)C2C1. The summed E-state index contributed by atoms with van der Waals surface area (Å²) in [4.78, 5) is 0. The van der Waals surface area contributed by atoms with Crippen molar-refractivity contribution in [1.29, 1.82) is 0 Å². The minimum Gasteiger partial charge on any atom is -0.144 e. The van der Waals surface area contributed by atoms with Crippen LogP contribution in [0.15, 0.2) is 0 Å². The third-order valence-electron chi connectivity index (χ3n) is 2.44. The highest BCUT2D eigenvalue weighted by Gasteiger charge is 2.42. The first kappa shape index (κ1) is 6.49. The van der Waals surface area contributed by atoms with Gasteiger partial charge in [-0.1, -0.05) is 0 Å². The molecule has 58 valence electrons. The summed E-state index contributed by atoms with van der Waals surface area (Å²) < 4.78 is 25.2. The number of hydrogen-bond acceptors (Lipinski definition) is 2. The molecule has 2 saturated heterocycles. The molecule has 0 aliphatic carbocycles. The molecule has 2 nitrogen and oxygen atoms in total. The maximum Gasteiger partial charge on any atom is 0.0597 e. The Hall–Kier alpha value is -0.220. The number of hydrogen-bond donors (Lipinski definition) is 0. The lowest BCUT2D eigenvalue weighted by Crippen LogP contribution is -2.26. The second-order valence-electron chi connectivity index (χ2n) is 3.07. The number of fused-ring (bicyclic) bond motifs is 1. The lowest BCUT2D eigenvalue weighted by molar-refractivity contribution is -0.0164. The van der Waals surface area contributed by atoms with E-state index in [1.165, 1.54) is 0 Å². The van der Waals surface area contributed by atoms with Crippen LogP contribution in [0.3, 0.4) is 0 Å². The average molecular weight is 148 g/mol. The van der Waals surface area contributed by atoms with E-state index in [0.717, 1.165) is 11.5 Å². The van der Waals surface area contributed by atoms with Crippen molar-refractivity contribution in [3.8, 4) is 0 Å². The number of nitrogens with zero attached hydrogens (tertiary/aromatic N) is 2. The Kier molecular flexibility index (Phi) is 1.38. The Bertz CT molecular complexity index is 142. The van der Waals surface area contributed by atoms with Crippen LogP contribution in [0.25, 0.3) is 0 Å². The average Bonchev–Trinajstić information content (AvgIpc) is 2.35. The second-order valence-corrected chi connectivity index (χ2v) is 3.07. The standard InChI is InChI=1S/C6H10F2N2/c7-9-3-5-1-2-10(8)6(5)4-9/h5-6H,1-4H2. The van der Waals surface area contributed by atoms with Gasteiger partial charge in [-0.15, -0.1) is 19.2 Å². The van der Waals surface area contributed by atoms with Crippen LogP contribution in [0.2, 0.25) is 0 Å². The summed E-state index contributed by atoms with van der Waals surface area (Å²) in [6.45, 7) is 1.16. The fourth-order valence-corrected chi connectivity index (χ4v) is 1.86. The van der Waals surface area contributed by atoms with Crippen LogP contribution in [0.5, 0.6) is 0 Å².